The summed E-state index contributed by atoms with van der Waals surface area (Å²) < 4.78 is 0. The third-order valence-electron chi connectivity index (χ3n) is 3.71. The molecule has 1 fully saturated rings. The molecule has 1 atom stereocenters. The van der Waals surface area contributed by atoms with E-state index in [4.69, 9.17) is 5.11 Å². The minimum atomic E-state index is -0.603. The number of aliphatic hydroxyl groups is 1. The van der Waals surface area contributed by atoms with Gasteiger partial charge in [-0.3, -0.25) is 4.79 Å². The summed E-state index contributed by atoms with van der Waals surface area (Å²) in [6, 6.07) is 0. The Labute approximate surface area is 97.9 Å². The van der Waals surface area contributed by atoms with Gasteiger partial charge >= 0.3 is 5.97 Å². The second kappa shape index (κ2) is 7.66. The van der Waals surface area contributed by atoms with Crippen LogP contribution < -0.4 is 0 Å². The minimum Gasteiger partial charge on any atom is -0.481 e. The predicted molar refractivity (Wildman–Crippen MR) is 63.3 cm³/mol. The summed E-state index contributed by atoms with van der Waals surface area (Å²) in [7, 11) is 0. The largest absolute Gasteiger partial charge is 0.481 e. The highest BCUT2D eigenvalue weighted by atomic mass is 16.4. The van der Waals surface area contributed by atoms with E-state index in [1.807, 2.05) is 0 Å². The molecule has 0 heterocycles. The predicted octanol–water partition coefficient (Wildman–Crippen LogP) is 2.82. The molecule has 3 nitrogen and oxygen atoms in total. The van der Waals surface area contributed by atoms with Crippen molar-refractivity contribution >= 4 is 5.97 Å². The summed E-state index contributed by atoms with van der Waals surface area (Å²) in [6.45, 7) is 0.255. The number of aliphatic carboxylic acids is 1. The Bertz CT molecular complexity index is 197. The molecule has 0 radical (unpaired) electrons. The zero-order valence-electron chi connectivity index (χ0n) is 10.0. The van der Waals surface area contributed by atoms with E-state index in [0.717, 1.165) is 44.9 Å². The Morgan fingerprint density at radius 2 is 1.75 bits per heavy atom. The fraction of sp³-hybridized carbons (Fsp3) is 0.923. The maximum atomic E-state index is 11.2. The van der Waals surface area contributed by atoms with Crippen LogP contribution in [0, 0.1) is 11.8 Å². The molecule has 1 aliphatic rings. The lowest BCUT2D eigenvalue weighted by molar-refractivity contribution is -0.144. The Hall–Kier alpha value is -0.570. The third-order valence-corrected chi connectivity index (χ3v) is 3.71. The van der Waals surface area contributed by atoms with Crippen LogP contribution in [0.3, 0.4) is 0 Å². The minimum absolute atomic E-state index is 0.114. The van der Waals surface area contributed by atoms with E-state index >= 15 is 0 Å². The number of carbonyl (C=O) groups is 1. The van der Waals surface area contributed by atoms with E-state index in [1.165, 1.54) is 12.8 Å². The van der Waals surface area contributed by atoms with Gasteiger partial charge < -0.3 is 10.2 Å². The molecule has 94 valence electrons. The van der Waals surface area contributed by atoms with Crippen molar-refractivity contribution in [1.29, 1.82) is 0 Å². The van der Waals surface area contributed by atoms with Crippen molar-refractivity contribution < 1.29 is 15.0 Å². The Morgan fingerprint density at radius 1 is 1.12 bits per heavy atom. The third kappa shape index (κ3) is 4.52. The van der Waals surface area contributed by atoms with Crippen molar-refractivity contribution in [3.63, 3.8) is 0 Å². The first-order chi connectivity index (χ1) is 7.75. The van der Waals surface area contributed by atoms with Gasteiger partial charge in [0.1, 0.15) is 0 Å². The maximum absolute atomic E-state index is 11.2. The van der Waals surface area contributed by atoms with E-state index in [0.29, 0.717) is 5.92 Å². The van der Waals surface area contributed by atoms with Crippen molar-refractivity contribution in [2.24, 2.45) is 11.8 Å². The monoisotopic (exact) mass is 228 g/mol. The van der Waals surface area contributed by atoms with Crippen LogP contribution in [0.15, 0.2) is 0 Å². The molecule has 0 amide bonds. The number of unbranched alkanes of at least 4 members (excludes halogenated alkanes) is 3. The average molecular weight is 228 g/mol. The van der Waals surface area contributed by atoms with Gasteiger partial charge in [-0.2, -0.15) is 0 Å². The van der Waals surface area contributed by atoms with Gasteiger partial charge in [0.2, 0.25) is 0 Å². The number of aliphatic hydroxyl groups excluding tert-OH is 1. The normalized spacial score (nSPS) is 18.8. The first kappa shape index (κ1) is 13.5. The molecule has 1 rings (SSSR count). The average Bonchev–Trinajstić information content (AvgIpc) is 2.76. The number of hydrogen-bond acceptors (Lipinski definition) is 2. The zero-order chi connectivity index (χ0) is 11.8. The SMILES string of the molecule is O=C(O)C(CCCCCCO)C1CCCC1. The topological polar surface area (TPSA) is 57.5 Å². The fourth-order valence-corrected chi connectivity index (χ4v) is 2.75. The highest BCUT2D eigenvalue weighted by Crippen LogP contribution is 2.34. The van der Waals surface area contributed by atoms with Crippen LogP contribution in [0.1, 0.15) is 57.8 Å². The molecule has 0 saturated heterocycles. The van der Waals surface area contributed by atoms with Crippen molar-refractivity contribution in [2.75, 3.05) is 6.61 Å². The van der Waals surface area contributed by atoms with E-state index in [9.17, 15) is 9.90 Å². The molecule has 0 bridgehead atoms. The Balaban J connectivity index is 2.20. The molecule has 0 aromatic heterocycles. The van der Waals surface area contributed by atoms with Crippen LogP contribution in [0.25, 0.3) is 0 Å². The number of hydrogen-bond donors (Lipinski definition) is 2. The van der Waals surface area contributed by atoms with Gasteiger partial charge in [-0.1, -0.05) is 32.1 Å². The van der Waals surface area contributed by atoms with Crippen LogP contribution >= 0.6 is 0 Å². The van der Waals surface area contributed by atoms with Crippen LogP contribution in [0.5, 0.6) is 0 Å². The van der Waals surface area contributed by atoms with Crippen LogP contribution in [-0.2, 0) is 4.79 Å². The molecular formula is C13H24O3. The van der Waals surface area contributed by atoms with Gasteiger partial charge in [0.15, 0.2) is 0 Å². The van der Waals surface area contributed by atoms with Crippen molar-refractivity contribution in [3.05, 3.63) is 0 Å². The van der Waals surface area contributed by atoms with E-state index < -0.39 is 5.97 Å². The zero-order valence-corrected chi connectivity index (χ0v) is 10.0. The highest BCUT2D eigenvalue weighted by Gasteiger charge is 2.29. The van der Waals surface area contributed by atoms with Crippen LogP contribution in [-0.4, -0.2) is 22.8 Å². The molecule has 0 aromatic rings. The van der Waals surface area contributed by atoms with Gasteiger partial charge in [0.25, 0.3) is 0 Å². The van der Waals surface area contributed by atoms with Gasteiger partial charge in [-0.25, -0.2) is 0 Å². The van der Waals surface area contributed by atoms with Crippen LogP contribution in [0.4, 0.5) is 0 Å². The maximum Gasteiger partial charge on any atom is 0.306 e. The second-order valence-electron chi connectivity index (χ2n) is 4.92. The molecule has 0 spiro atoms. The molecule has 1 unspecified atom stereocenters. The quantitative estimate of drug-likeness (QED) is 0.628. The molecule has 1 saturated carbocycles. The van der Waals surface area contributed by atoms with E-state index in [-0.39, 0.29) is 12.5 Å². The fourth-order valence-electron chi connectivity index (χ4n) is 2.75. The second-order valence-corrected chi connectivity index (χ2v) is 4.92. The van der Waals surface area contributed by atoms with Crippen LogP contribution in [0.2, 0.25) is 0 Å². The summed E-state index contributed by atoms with van der Waals surface area (Å²) in [5, 5.41) is 17.8. The van der Waals surface area contributed by atoms with Crippen molar-refractivity contribution in [2.45, 2.75) is 57.8 Å². The van der Waals surface area contributed by atoms with Crippen molar-refractivity contribution in [1.82, 2.24) is 0 Å². The molecule has 1 aliphatic carbocycles. The number of carboxylic acids is 1. The molecule has 2 N–H and O–H groups in total. The molecule has 0 aromatic carbocycles. The summed E-state index contributed by atoms with van der Waals surface area (Å²) in [4.78, 5) is 11.2. The van der Waals surface area contributed by atoms with Gasteiger partial charge in [-0.15, -0.1) is 0 Å². The standard InChI is InChI=1S/C13H24O3/c14-10-6-2-1-3-9-12(13(15)16)11-7-4-5-8-11/h11-12,14H,1-10H2,(H,15,16). The summed E-state index contributed by atoms with van der Waals surface area (Å²) in [5.74, 6) is -0.291. The molecule has 3 heteroatoms. The highest BCUT2D eigenvalue weighted by molar-refractivity contribution is 5.70. The summed E-state index contributed by atoms with van der Waals surface area (Å²) in [6.07, 6.45) is 9.36. The number of rotatable bonds is 8. The first-order valence-corrected chi connectivity index (χ1v) is 6.59. The summed E-state index contributed by atoms with van der Waals surface area (Å²) in [5.41, 5.74) is 0. The lowest BCUT2D eigenvalue weighted by Gasteiger charge is -2.18. The molecule has 16 heavy (non-hydrogen) atoms. The smallest absolute Gasteiger partial charge is 0.306 e. The van der Waals surface area contributed by atoms with Crippen molar-refractivity contribution in [3.8, 4) is 0 Å². The van der Waals surface area contributed by atoms with E-state index in [1.54, 1.807) is 0 Å². The lowest BCUT2D eigenvalue weighted by Crippen LogP contribution is -2.21. The number of carboxylic acid groups (broad SMARTS) is 1. The van der Waals surface area contributed by atoms with E-state index in [2.05, 4.69) is 0 Å². The van der Waals surface area contributed by atoms with Gasteiger partial charge in [-0.05, 0) is 31.6 Å². The Kier molecular flexibility index (Phi) is 6.46. The Morgan fingerprint density at radius 3 is 2.31 bits per heavy atom. The van der Waals surface area contributed by atoms with Gasteiger partial charge in [0.05, 0.1) is 5.92 Å². The lowest BCUT2D eigenvalue weighted by atomic mass is 9.86. The molecular weight excluding hydrogens is 204 g/mol. The first-order valence-electron chi connectivity index (χ1n) is 6.59. The van der Waals surface area contributed by atoms with Gasteiger partial charge in [0, 0.05) is 6.61 Å². The molecule has 0 aliphatic heterocycles. The summed E-state index contributed by atoms with van der Waals surface area (Å²) >= 11 is 0.